The number of unbranched alkanes of at least 4 members (excludes halogenated alkanes) is 2. The number of carboxylic acid groups (broad SMARTS) is 1. The van der Waals surface area contributed by atoms with Crippen molar-refractivity contribution < 1.29 is 28.2 Å². The Hall–Kier alpha value is -4.40. The first-order chi connectivity index (χ1) is 20.2. The summed E-state index contributed by atoms with van der Waals surface area (Å²) in [6.07, 6.45) is 5.71. The van der Waals surface area contributed by atoms with Gasteiger partial charge in [0.15, 0.2) is 0 Å². The van der Waals surface area contributed by atoms with Gasteiger partial charge in [-0.2, -0.15) is 4.39 Å². The van der Waals surface area contributed by atoms with Crippen molar-refractivity contribution in [2.24, 2.45) is 5.92 Å². The fourth-order valence-electron chi connectivity index (χ4n) is 4.94. The Kier molecular flexibility index (Phi) is 10.5. The Balaban J connectivity index is 1.54. The van der Waals surface area contributed by atoms with Crippen molar-refractivity contribution in [3.63, 3.8) is 0 Å². The fourth-order valence-corrected chi connectivity index (χ4v) is 4.94. The van der Waals surface area contributed by atoms with E-state index in [-0.39, 0.29) is 37.4 Å². The van der Waals surface area contributed by atoms with Gasteiger partial charge in [0, 0.05) is 34.9 Å². The number of carbonyl (C=O) groups is 2. The zero-order valence-corrected chi connectivity index (χ0v) is 24.3. The van der Waals surface area contributed by atoms with Crippen molar-refractivity contribution in [3.05, 3.63) is 89.2 Å². The molecule has 2 heterocycles. The van der Waals surface area contributed by atoms with Crippen LogP contribution in [0.15, 0.2) is 65.2 Å². The Morgan fingerprint density at radius 1 is 1.10 bits per heavy atom. The number of hydrogen-bond donors (Lipinski definition) is 3. The molecule has 222 valence electrons. The number of hydrogen-bond acceptors (Lipinski definition) is 6. The monoisotopic (exact) mass is 575 g/mol. The number of rotatable bonds is 15. The molecule has 3 N–H and O–H groups in total. The van der Waals surface area contributed by atoms with E-state index >= 15 is 0 Å². The van der Waals surface area contributed by atoms with Crippen LogP contribution in [0.2, 0.25) is 0 Å². The highest BCUT2D eigenvalue weighted by Crippen LogP contribution is 2.38. The summed E-state index contributed by atoms with van der Waals surface area (Å²) >= 11 is 0. The van der Waals surface area contributed by atoms with Crippen LogP contribution in [-0.2, 0) is 11.4 Å². The maximum absolute atomic E-state index is 13.5. The third-order valence-corrected chi connectivity index (χ3v) is 7.35. The van der Waals surface area contributed by atoms with Gasteiger partial charge in [0.2, 0.25) is 5.95 Å². The summed E-state index contributed by atoms with van der Waals surface area (Å²) in [5.41, 5.74) is 3.77. The summed E-state index contributed by atoms with van der Waals surface area (Å²) in [5, 5.41) is 16.0. The molecule has 0 spiro atoms. The Morgan fingerprint density at radius 3 is 2.60 bits per heavy atom. The van der Waals surface area contributed by atoms with Gasteiger partial charge in [-0.15, -0.1) is 0 Å². The standard InChI is InChI=1S/C33H38FN3O5/c1-4-5-6-7-21(2)31(37-25-10-8-24(9-11-25)33(40)36-17-15-30(38)39)32-22(3)27-19-26(12-13-28(27)42-32)41-20-23-14-16-35-29(34)18-23/h8-14,16,18-19,21,31,37H,4-7,15,17,20H2,1-3H3,(H,36,40)(H,38,39). The van der Waals surface area contributed by atoms with E-state index in [0.29, 0.717) is 16.9 Å². The first-order valence-electron chi connectivity index (χ1n) is 14.4. The van der Waals surface area contributed by atoms with Crippen LogP contribution in [0.25, 0.3) is 11.0 Å². The van der Waals surface area contributed by atoms with Gasteiger partial charge in [-0.1, -0.05) is 33.1 Å². The Morgan fingerprint density at radius 2 is 1.88 bits per heavy atom. The molecule has 2 atom stereocenters. The van der Waals surface area contributed by atoms with E-state index in [2.05, 4.69) is 29.5 Å². The molecule has 42 heavy (non-hydrogen) atoms. The van der Waals surface area contributed by atoms with Crippen molar-refractivity contribution in [1.29, 1.82) is 0 Å². The number of amides is 1. The third kappa shape index (κ3) is 8.09. The van der Waals surface area contributed by atoms with E-state index in [0.717, 1.165) is 53.7 Å². The number of carboxylic acids is 1. The largest absolute Gasteiger partial charge is 0.489 e. The number of nitrogens with one attached hydrogen (secondary N) is 2. The predicted molar refractivity (Wildman–Crippen MR) is 160 cm³/mol. The minimum absolute atomic E-state index is 0.0753. The molecule has 0 aliphatic heterocycles. The summed E-state index contributed by atoms with van der Waals surface area (Å²) in [6, 6.07) is 15.8. The second-order valence-electron chi connectivity index (χ2n) is 10.6. The lowest BCUT2D eigenvalue weighted by Crippen LogP contribution is -2.26. The number of nitrogens with zero attached hydrogens (tertiary/aromatic N) is 1. The molecule has 2 aromatic heterocycles. The number of anilines is 1. The first kappa shape index (κ1) is 30.6. The Bertz CT molecular complexity index is 1500. The lowest BCUT2D eigenvalue weighted by atomic mass is 9.91. The zero-order valence-electron chi connectivity index (χ0n) is 24.3. The maximum atomic E-state index is 13.5. The molecular formula is C33H38FN3O5. The average Bonchev–Trinajstić information content (AvgIpc) is 3.30. The summed E-state index contributed by atoms with van der Waals surface area (Å²) < 4.78 is 25.8. The second-order valence-corrected chi connectivity index (χ2v) is 10.6. The van der Waals surface area contributed by atoms with E-state index < -0.39 is 11.9 Å². The highest BCUT2D eigenvalue weighted by atomic mass is 19.1. The average molecular weight is 576 g/mol. The van der Waals surface area contributed by atoms with E-state index in [1.807, 2.05) is 37.3 Å². The van der Waals surface area contributed by atoms with Gasteiger partial charge in [0.05, 0.1) is 12.5 Å². The number of pyridine rings is 1. The lowest BCUT2D eigenvalue weighted by Gasteiger charge is -2.25. The number of furan rings is 1. The summed E-state index contributed by atoms with van der Waals surface area (Å²) in [4.78, 5) is 26.7. The number of fused-ring (bicyclic) bond motifs is 1. The molecule has 2 aromatic carbocycles. The molecule has 8 nitrogen and oxygen atoms in total. The topological polar surface area (TPSA) is 114 Å². The highest BCUT2D eigenvalue weighted by molar-refractivity contribution is 5.94. The Labute approximate surface area is 245 Å². The quantitative estimate of drug-likeness (QED) is 0.0998. The van der Waals surface area contributed by atoms with Gasteiger partial charge in [0.25, 0.3) is 5.91 Å². The molecule has 0 bridgehead atoms. The van der Waals surface area contributed by atoms with Crippen LogP contribution in [0, 0.1) is 18.8 Å². The molecule has 2 unspecified atom stereocenters. The van der Waals surface area contributed by atoms with Crippen molar-refractivity contribution >= 4 is 28.5 Å². The van der Waals surface area contributed by atoms with Gasteiger partial charge >= 0.3 is 5.97 Å². The van der Waals surface area contributed by atoms with Gasteiger partial charge < -0.3 is 24.9 Å². The number of aryl methyl sites for hydroxylation is 1. The van der Waals surface area contributed by atoms with E-state index in [1.165, 1.54) is 12.3 Å². The molecule has 4 rings (SSSR count). The van der Waals surface area contributed by atoms with Crippen LogP contribution in [0.4, 0.5) is 10.1 Å². The van der Waals surface area contributed by atoms with Crippen LogP contribution < -0.4 is 15.4 Å². The molecule has 1 amide bonds. The van der Waals surface area contributed by atoms with Crippen molar-refractivity contribution in [2.75, 3.05) is 11.9 Å². The molecule has 0 saturated carbocycles. The van der Waals surface area contributed by atoms with E-state index in [9.17, 15) is 14.0 Å². The molecule has 0 radical (unpaired) electrons. The number of benzene rings is 2. The minimum Gasteiger partial charge on any atom is -0.489 e. The van der Waals surface area contributed by atoms with Crippen LogP contribution in [-0.4, -0.2) is 28.5 Å². The normalized spacial score (nSPS) is 12.6. The fraction of sp³-hybridized carbons (Fsp3) is 0.364. The molecule has 4 aromatic rings. The van der Waals surface area contributed by atoms with Crippen LogP contribution in [0.5, 0.6) is 5.75 Å². The van der Waals surface area contributed by atoms with E-state index in [1.54, 1.807) is 18.2 Å². The van der Waals surface area contributed by atoms with Crippen molar-refractivity contribution in [3.8, 4) is 5.75 Å². The summed E-state index contributed by atoms with van der Waals surface area (Å²) in [5.74, 6) is -0.0484. The maximum Gasteiger partial charge on any atom is 0.305 e. The smallest absolute Gasteiger partial charge is 0.305 e. The molecule has 0 saturated heterocycles. The summed E-state index contributed by atoms with van der Waals surface area (Å²) in [6.45, 7) is 6.74. The molecule has 0 fully saturated rings. The first-order valence-corrected chi connectivity index (χ1v) is 14.4. The number of carbonyl (C=O) groups excluding carboxylic acids is 1. The third-order valence-electron chi connectivity index (χ3n) is 7.35. The predicted octanol–water partition coefficient (Wildman–Crippen LogP) is 7.43. The zero-order chi connectivity index (χ0) is 30.1. The second kappa shape index (κ2) is 14.5. The van der Waals surface area contributed by atoms with Crippen molar-refractivity contribution in [2.45, 2.75) is 65.5 Å². The minimum atomic E-state index is -0.958. The number of halogens is 1. The van der Waals surface area contributed by atoms with Gasteiger partial charge in [0.1, 0.15) is 23.7 Å². The number of aliphatic carboxylic acids is 1. The lowest BCUT2D eigenvalue weighted by molar-refractivity contribution is -0.136. The van der Waals surface area contributed by atoms with Gasteiger partial charge in [-0.3, -0.25) is 9.59 Å². The van der Waals surface area contributed by atoms with Crippen LogP contribution >= 0.6 is 0 Å². The highest BCUT2D eigenvalue weighted by Gasteiger charge is 2.26. The SMILES string of the molecule is CCCCCC(C)C(Nc1ccc(C(=O)NCCC(=O)O)cc1)c1oc2ccc(OCc3ccnc(F)c3)cc2c1C. The van der Waals surface area contributed by atoms with Crippen molar-refractivity contribution in [1.82, 2.24) is 10.3 Å². The number of aromatic nitrogens is 1. The van der Waals surface area contributed by atoms with Crippen LogP contribution in [0.1, 0.15) is 79.2 Å². The summed E-state index contributed by atoms with van der Waals surface area (Å²) in [7, 11) is 0. The molecule has 0 aliphatic rings. The molecule has 0 aliphatic carbocycles. The molecular weight excluding hydrogens is 537 g/mol. The van der Waals surface area contributed by atoms with Crippen LogP contribution in [0.3, 0.4) is 0 Å². The van der Waals surface area contributed by atoms with E-state index in [4.69, 9.17) is 14.3 Å². The number of ether oxygens (including phenoxy) is 1. The van der Waals surface area contributed by atoms with Gasteiger partial charge in [-0.25, -0.2) is 4.98 Å². The van der Waals surface area contributed by atoms with Gasteiger partial charge in [-0.05, 0) is 79.4 Å². The molecule has 9 heteroatoms.